The smallest absolute Gasteiger partial charge is 0.313 e. The van der Waals surface area contributed by atoms with Gasteiger partial charge in [-0.3, -0.25) is 14.5 Å². The zero-order valence-electron chi connectivity index (χ0n) is 15.7. The molecule has 0 aromatic heterocycles. The molecule has 1 fully saturated rings. The standard InChI is InChI=1S/C21H25ClN4O2/c22-17-6-4-7-18(16-17)24-21(28)20(27)23-10-5-11-25-12-14-26(15-13-25)19-8-2-1-3-9-19/h1-4,6-9,16H,5,10-15H2,(H,23,27)(H,24,28). The number of benzene rings is 2. The summed E-state index contributed by atoms with van der Waals surface area (Å²) < 4.78 is 0. The number of para-hydroxylation sites is 1. The molecule has 2 aromatic carbocycles. The number of nitrogens with one attached hydrogen (secondary N) is 2. The molecule has 28 heavy (non-hydrogen) atoms. The Balaban J connectivity index is 1.31. The van der Waals surface area contributed by atoms with Crippen LogP contribution >= 0.6 is 11.6 Å². The van der Waals surface area contributed by atoms with Gasteiger partial charge in [-0.15, -0.1) is 0 Å². The van der Waals surface area contributed by atoms with Crippen LogP contribution in [0.15, 0.2) is 54.6 Å². The fourth-order valence-electron chi connectivity index (χ4n) is 3.21. The third kappa shape index (κ3) is 5.97. The number of amides is 2. The Kier molecular flexibility index (Phi) is 7.28. The van der Waals surface area contributed by atoms with Crippen molar-refractivity contribution in [1.29, 1.82) is 0 Å². The summed E-state index contributed by atoms with van der Waals surface area (Å²) in [5.74, 6) is -1.31. The number of carbonyl (C=O) groups excluding carboxylic acids is 2. The number of hydrogen-bond acceptors (Lipinski definition) is 4. The second-order valence-corrected chi connectivity index (χ2v) is 7.17. The molecule has 2 aromatic rings. The number of piperazine rings is 1. The lowest BCUT2D eigenvalue weighted by Crippen LogP contribution is -2.47. The van der Waals surface area contributed by atoms with Gasteiger partial charge in [0.05, 0.1) is 0 Å². The summed E-state index contributed by atoms with van der Waals surface area (Å²) >= 11 is 5.87. The van der Waals surface area contributed by atoms with Crippen LogP contribution in [0.25, 0.3) is 0 Å². The summed E-state index contributed by atoms with van der Waals surface area (Å²) in [4.78, 5) is 28.6. The van der Waals surface area contributed by atoms with Crippen LogP contribution in [-0.4, -0.2) is 56.0 Å². The van der Waals surface area contributed by atoms with E-state index in [1.165, 1.54) is 5.69 Å². The van der Waals surface area contributed by atoms with Gasteiger partial charge in [-0.25, -0.2) is 0 Å². The fourth-order valence-corrected chi connectivity index (χ4v) is 3.40. The number of hydrogen-bond donors (Lipinski definition) is 2. The molecular weight excluding hydrogens is 376 g/mol. The maximum Gasteiger partial charge on any atom is 0.313 e. The molecule has 1 aliphatic rings. The highest BCUT2D eigenvalue weighted by atomic mass is 35.5. The zero-order valence-corrected chi connectivity index (χ0v) is 16.5. The van der Waals surface area contributed by atoms with E-state index in [0.717, 1.165) is 39.1 Å². The molecule has 0 unspecified atom stereocenters. The average Bonchev–Trinajstić information content (AvgIpc) is 2.72. The lowest BCUT2D eigenvalue weighted by molar-refractivity contribution is -0.136. The number of rotatable bonds is 6. The lowest BCUT2D eigenvalue weighted by Gasteiger charge is -2.36. The highest BCUT2D eigenvalue weighted by molar-refractivity contribution is 6.39. The Morgan fingerprint density at radius 3 is 2.39 bits per heavy atom. The second kappa shape index (κ2) is 10.1. The maximum atomic E-state index is 11.9. The maximum absolute atomic E-state index is 11.9. The van der Waals surface area contributed by atoms with Crippen molar-refractivity contribution in [3.63, 3.8) is 0 Å². The Bertz CT molecular complexity index is 792. The van der Waals surface area contributed by atoms with Crippen molar-refractivity contribution < 1.29 is 9.59 Å². The molecule has 0 saturated carbocycles. The van der Waals surface area contributed by atoms with Gasteiger partial charge < -0.3 is 15.5 Å². The topological polar surface area (TPSA) is 64.7 Å². The summed E-state index contributed by atoms with van der Waals surface area (Å²) in [5, 5.41) is 5.72. The normalized spacial score (nSPS) is 14.5. The second-order valence-electron chi connectivity index (χ2n) is 6.74. The Morgan fingerprint density at radius 1 is 0.929 bits per heavy atom. The molecule has 1 saturated heterocycles. The van der Waals surface area contributed by atoms with E-state index in [9.17, 15) is 9.59 Å². The van der Waals surface area contributed by atoms with Crippen LogP contribution in [0.3, 0.4) is 0 Å². The van der Waals surface area contributed by atoms with Gasteiger partial charge in [-0.05, 0) is 43.3 Å². The first-order valence-corrected chi connectivity index (χ1v) is 9.87. The fraction of sp³-hybridized carbons (Fsp3) is 0.333. The van der Waals surface area contributed by atoms with E-state index in [1.54, 1.807) is 24.3 Å². The highest BCUT2D eigenvalue weighted by Crippen LogP contribution is 2.16. The van der Waals surface area contributed by atoms with Crippen LogP contribution in [-0.2, 0) is 9.59 Å². The van der Waals surface area contributed by atoms with Gasteiger partial charge >= 0.3 is 11.8 Å². The first-order valence-electron chi connectivity index (χ1n) is 9.49. The lowest BCUT2D eigenvalue weighted by atomic mass is 10.2. The summed E-state index contributed by atoms with van der Waals surface area (Å²) in [6, 6.07) is 17.1. The Hall–Kier alpha value is -2.57. The molecular formula is C21H25ClN4O2. The van der Waals surface area contributed by atoms with E-state index in [4.69, 9.17) is 11.6 Å². The average molecular weight is 401 g/mol. The summed E-state index contributed by atoms with van der Waals surface area (Å²) in [6.45, 7) is 5.37. The highest BCUT2D eigenvalue weighted by Gasteiger charge is 2.17. The van der Waals surface area contributed by atoms with Crippen molar-refractivity contribution in [3.8, 4) is 0 Å². The molecule has 148 valence electrons. The van der Waals surface area contributed by atoms with E-state index < -0.39 is 11.8 Å². The van der Waals surface area contributed by atoms with E-state index in [2.05, 4.69) is 44.7 Å². The van der Waals surface area contributed by atoms with E-state index >= 15 is 0 Å². The van der Waals surface area contributed by atoms with Gasteiger partial charge in [0.2, 0.25) is 0 Å². The van der Waals surface area contributed by atoms with Crippen molar-refractivity contribution in [1.82, 2.24) is 10.2 Å². The summed E-state index contributed by atoms with van der Waals surface area (Å²) in [6.07, 6.45) is 0.807. The van der Waals surface area contributed by atoms with Gasteiger partial charge in [0.15, 0.2) is 0 Å². The molecule has 0 radical (unpaired) electrons. The molecule has 6 nitrogen and oxygen atoms in total. The van der Waals surface area contributed by atoms with Crippen LogP contribution in [0.4, 0.5) is 11.4 Å². The first-order chi connectivity index (χ1) is 13.6. The molecule has 0 spiro atoms. The van der Waals surface area contributed by atoms with Crippen molar-refractivity contribution in [2.45, 2.75) is 6.42 Å². The third-order valence-electron chi connectivity index (χ3n) is 4.72. The first kappa shape index (κ1) is 20.2. The number of nitrogens with zero attached hydrogens (tertiary/aromatic N) is 2. The zero-order chi connectivity index (χ0) is 19.8. The molecule has 2 amide bonds. The van der Waals surface area contributed by atoms with E-state index in [0.29, 0.717) is 17.3 Å². The van der Waals surface area contributed by atoms with Crippen molar-refractivity contribution >= 4 is 34.8 Å². The minimum atomic E-state index is -0.682. The summed E-state index contributed by atoms with van der Waals surface area (Å²) in [7, 11) is 0. The van der Waals surface area contributed by atoms with Crippen molar-refractivity contribution in [2.75, 3.05) is 49.5 Å². The predicted octanol–water partition coefficient (Wildman–Crippen LogP) is 2.61. The third-order valence-corrected chi connectivity index (χ3v) is 4.95. The van der Waals surface area contributed by atoms with Gasteiger partial charge in [0.25, 0.3) is 0 Å². The molecule has 1 heterocycles. The van der Waals surface area contributed by atoms with Crippen molar-refractivity contribution in [2.24, 2.45) is 0 Å². The minimum absolute atomic E-state index is 0.473. The van der Waals surface area contributed by atoms with Crippen LogP contribution in [0.1, 0.15) is 6.42 Å². The van der Waals surface area contributed by atoms with Crippen molar-refractivity contribution in [3.05, 3.63) is 59.6 Å². The number of anilines is 2. The predicted molar refractivity (Wildman–Crippen MR) is 113 cm³/mol. The van der Waals surface area contributed by atoms with Gasteiger partial charge in [0.1, 0.15) is 0 Å². The molecule has 1 aliphatic heterocycles. The molecule has 3 rings (SSSR count). The molecule has 0 atom stereocenters. The molecule has 0 aliphatic carbocycles. The van der Waals surface area contributed by atoms with Crippen LogP contribution in [0, 0.1) is 0 Å². The largest absolute Gasteiger partial charge is 0.369 e. The molecule has 2 N–H and O–H groups in total. The SMILES string of the molecule is O=C(NCCCN1CCN(c2ccccc2)CC1)C(=O)Nc1cccc(Cl)c1. The number of carbonyl (C=O) groups is 2. The van der Waals surface area contributed by atoms with Crippen LogP contribution in [0.2, 0.25) is 5.02 Å². The van der Waals surface area contributed by atoms with Gasteiger partial charge in [0, 0.05) is 49.1 Å². The Morgan fingerprint density at radius 2 is 1.68 bits per heavy atom. The van der Waals surface area contributed by atoms with E-state index in [1.807, 2.05) is 6.07 Å². The van der Waals surface area contributed by atoms with E-state index in [-0.39, 0.29) is 0 Å². The number of halogens is 1. The molecule has 0 bridgehead atoms. The Labute approximate surface area is 170 Å². The van der Waals surface area contributed by atoms with Crippen LogP contribution in [0.5, 0.6) is 0 Å². The summed E-state index contributed by atoms with van der Waals surface area (Å²) in [5.41, 5.74) is 1.77. The van der Waals surface area contributed by atoms with Gasteiger partial charge in [-0.1, -0.05) is 35.9 Å². The van der Waals surface area contributed by atoms with Crippen LogP contribution < -0.4 is 15.5 Å². The molecule has 7 heteroatoms. The quantitative estimate of drug-likeness (QED) is 0.578. The van der Waals surface area contributed by atoms with Gasteiger partial charge in [-0.2, -0.15) is 0 Å². The monoisotopic (exact) mass is 400 g/mol. The minimum Gasteiger partial charge on any atom is -0.369 e.